The summed E-state index contributed by atoms with van der Waals surface area (Å²) >= 11 is 0. The van der Waals surface area contributed by atoms with Gasteiger partial charge in [-0.2, -0.15) is 0 Å². The standard InChI is InChI=1S/C10H18O6/c1-6(2)16-5-7(11)4-8(9(12)13)10(14)15-3/h6-8,11H,4-5H2,1-3H3,(H,12,13). The first-order valence-corrected chi connectivity index (χ1v) is 4.98. The summed E-state index contributed by atoms with van der Waals surface area (Å²) in [5.41, 5.74) is 0. The molecule has 0 aromatic rings. The van der Waals surface area contributed by atoms with Crippen LogP contribution >= 0.6 is 0 Å². The summed E-state index contributed by atoms with van der Waals surface area (Å²) in [6, 6.07) is 0. The second-order valence-electron chi connectivity index (χ2n) is 3.69. The molecule has 2 N–H and O–H groups in total. The van der Waals surface area contributed by atoms with Crippen LogP contribution in [0.1, 0.15) is 20.3 Å². The molecule has 0 rings (SSSR count). The molecular formula is C10H18O6. The van der Waals surface area contributed by atoms with Gasteiger partial charge in [-0.05, 0) is 20.3 Å². The van der Waals surface area contributed by atoms with Crippen LogP contribution < -0.4 is 0 Å². The summed E-state index contributed by atoms with van der Waals surface area (Å²) in [5.74, 6) is -3.53. The minimum Gasteiger partial charge on any atom is -0.481 e. The molecule has 0 aromatic carbocycles. The lowest BCUT2D eigenvalue weighted by atomic mass is 10.0. The molecule has 0 aromatic heterocycles. The van der Waals surface area contributed by atoms with Gasteiger partial charge >= 0.3 is 11.9 Å². The second-order valence-corrected chi connectivity index (χ2v) is 3.69. The van der Waals surface area contributed by atoms with E-state index in [4.69, 9.17) is 9.84 Å². The van der Waals surface area contributed by atoms with Crippen LogP contribution in [0.15, 0.2) is 0 Å². The maximum Gasteiger partial charge on any atom is 0.320 e. The third-order valence-corrected chi connectivity index (χ3v) is 1.91. The van der Waals surface area contributed by atoms with Crippen LogP contribution in [0.25, 0.3) is 0 Å². The van der Waals surface area contributed by atoms with Crippen molar-refractivity contribution in [3.63, 3.8) is 0 Å². The molecule has 0 fully saturated rings. The van der Waals surface area contributed by atoms with Crippen LogP contribution in [-0.4, -0.2) is 48.1 Å². The molecule has 0 heterocycles. The van der Waals surface area contributed by atoms with Crippen molar-refractivity contribution >= 4 is 11.9 Å². The van der Waals surface area contributed by atoms with Crippen LogP contribution in [0, 0.1) is 5.92 Å². The minimum absolute atomic E-state index is 0.00155. The van der Waals surface area contributed by atoms with Crippen LogP contribution in [-0.2, 0) is 19.1 Å². The van der Waals surface area contributed by atoms with Crippen molar-refractivity contribution in [2.45, 2.75) is 32.5 Å². The van der Waals surface area contributed by atoms with Crippen LogP contribution in [0.2, 0.25) is 0 Å². The number of rotatable bonds is 7. The Morgan fingerprint density at radius 3 is 2.25 bits per heavy atom. The van der Waals surface area contributed by atoms with Gasteiger partial charge in [0.25, 0.3) is 0 Å². The molecule has 16 heavy (non-hydrogen) atoms. The van der Waals surface area contributed by atoms with Gasteiger partial charge in [0.2, 0.25) is 0 Å². The molecule has 6 heteroatoms. The van der Waals surface area contributed by atoms with E-state index in [0.29, 0.717) is 0 Å². The largest absolute Gasteiger partial charge is 0.481 e. The lowest BCUT2D eigenvalue weighted by molar-refractivity contribution is -0.158. The number of hydrogen-bond acceptors (Lipinski definition) is 5. The second kappa shape index (κ2) is 7.19. The number of methoxy groups -OCH3 is 1. The number of hydrogen-bond donors (Lipinski definition) is 2. The highest BCUT2D eigenvalue weighted by Crippen LogP contribution is 2.10. The first-order valence-electron chi connectivity index (χ1n) is 4.98. The quantitative estimate of drug-likeness (QED) is 0.477. The van der Waals surface area contributed by atoms with Gasteiger partial charge in [0.15, 0.2) is 5.92 Å². The Bertz CT molecular complexity index is 237. The van der Waals surface area contributed by atoms with Crippen molar-refractivity contribution in [3.05, 3.63) is 0 Å². The van der Waals surface area contributed by atoms with E-state index in [1.165, 1.54) is 0 Å². The van der Waals surface area contributed by atoms with Crippen LogP contribution in [0.5, 0.6) is 0 Å². The van der Waals surface area contributed by atoms with Crippen molar-refractivity contribution in [2.24, 2.45) is 5.92 Å². The van der Waals surface area contributed by atoms with Gasteiger partial charge in [-0.15, -0.1) is 0 Å². The first-order chi connectivity index (χ1) is 7.38. The number of ether oxygens (including phenoxy) is 2. The van der Waals surface area contributed by atoms with Crippen LogP contribution in [0.4, 0.5) is 0 Å². The van der Waals surface area contributed by atoms with E-state index >= 15 is 0 Å². The van der Waals surface area contributed by atoms with E-state index in [-0.39, 0.29) is 19.1 Å². The third kappa shape index (κ3) is 5.67. The number of carboxylic acids is 1. The fraction of sp³-hybridized carbons (Fsp3) is 0.800. The molecule has 0 aliphatic rings. The maximum absolute atomic E-state index is 11.1. The Morgan fingerprint density at radius 1 is 1.31 bits per heavy atom. The summed E-state index contributed by atoms with van der Waals surface area (Å²) in [7, 11) is 1.11. The molecule has 0 spiro atoms. The molecule has 0 amide bonds. The Kier molecular flexibility index (Phi) is 6.67. The monoisotopic (exact) mass is 234 g/mol. The zero-order chi connectivity index (χ0) is 12.7. The summed E-state index contributed by atoms with van der Waals surface area (Å²) < 4.78 is 9.43. The van der Waals surface area contributed by atoms with Gasteiger partial charge in [0.1, 0.15) is 0 Å². The minimum atomic E-state index is -1.35. The Balaban J connectivity index is 4.19. The maximum atomic E-state index is 11.1. The van der Waals surface area contributed by atoms with Gasteiger partial charge in [0, 0.05) is 0 Å². The smallest absolute Gasteiger partial charge is 0.320 e. The zero-order valence-corrected chi connectivity index (χ0v) is 9.67. The van der Waals surface area contributed by atoms with Crippen molar-refractivity contribution in [1.82, 2.24) is 0 Å². The Morgan fingerprint density at radius 2 is 1.88 bits per heavy atom. The van der Waals surface area contributed by atoms with Gasteiger partial charge in [0.05, 0.1) is 25.9 Å². The number of carbonyl (C=O) groups is 2. The van der Waals surface area contributed by atoms with E-state index in [2.05, 4.69) is 4.74 Å². The summed E-state index contributed by atoms with van der Waals surface area (Å²) in [5, 5.41) is 18.2. The number of aliphatic carboxylic acids is 1. The average Bonchev–Trinajstić information content (AvgIpc) is 2.21. The third-order valence-electron chi connectivity index (χ3n) is 1.91. The van der Waals surface area contributed by atoms with Gasteiger partial charge in [-0.1, -0.05) is 0 Å². The molecule has 2 unspecified atom stereocenters. The lowest BCUT2D eigenvalue weighted by Gasteiger charge is -2.16. The highest BCUT2D eigenvalue weighted by Gasteiger charge is 2.29. The molecule has 0 saturated carbocycles. The predicted octanol–water partition coefficient (Wildman–Crippen LogP) is 0.0362. The molecule has 2 atom stereocenters. The number of aliphatic hydroxyl groups excluding tert-OH is 1. The van der Waals surface area contributed by atoms with E-state index in [9.17, 15) is 14.7 Å². The average molecular weight is 234 g/mol. The van der Waals surface area contributed by atoms with E-state index in [1.54, 1.807) is 13.8 Å². The van der Waals surface area contributed by atoms with Gasteiger partial charge in [-0.25, -0.2) is 0 Å². The van der Waals surface area contributed by atoms with Crippen molar-refractivity contribution < 1.29 is 29.3 Å². The van der Waals surface area contributed by atoms with Gasteiger partial charge in [-0.3, -0.25) is 9.59 Å². The summed E-state index contributed by atoms with van der Waals surface area (Å²) in [6.45, 7) is 3.59. The Hall–Kier alpha value is -1.14. The normalized spacial score (nSPS) is 14.6. The van der Waals surface area contributed by atoms with Gasteiger partial charge < -0.3 is 19.7 Å². The first kappa shape index (κ1) is 14.9. The predicted molar refractivity (Wildman–Crippen MR) is 54.9 cm³/mol. The SMILES string of the molecule is COC(=O)C(CC(O)COC(C)C)C(=O)O. The molecule has 94 valence electrons. The summed E-state index contributed by atoms with van der Waals surface area (Å²) in [4.78, 5) is 21.8. The Labute approximate surface area is 94.2 Å². The van der Waals surface area contributed by atoms with Crippen molar-refractivity contribution in [1.29, 1.82) is 0 Å². The molecule has 6 nitrogen and oxygen atoms in total. The van der Waals surface area contributed by atoms with E-state index in [1.807, 2.05) is 0 Å². The van der Waals surface area contributed by atoms with Crippen LogP contribution in [0.3, 0.4) is 0 Å². The number of carboxylic acid groups (broad SMARTS) is 1. The van der Waals surface area contributed by atoms with Crippen molar-refractivity contribution in [3.8, 4) is 0 Å². The molecule has 0 bridgehead atoms. The van der Waals surface area contributed by atoms with Crippen molar-refractivity contribution in [2.75, 3.05) is 13.7 Å². The topological polar surface area (TPSA) is 93.1 Å². The summed E-state index contributed by atoms with van der Waals surface area (Å²) in [6.07, 6.45) is -1.27. The lowest BCUT2D eigenvalue weighted by Crippen LogP contribution is -2.31. The molecule has 0 aliphatic carbocycles. The fourth-order valence-electron chi connectivity index (χ4n) is 1.08. The molecule has 0 saturated heterocycles. The molecular weight excluding hydrogens is 216 g/mol. The highest BCUT2D eigenvalue weighted by atomic mass is 16.5. The van der Waals surface area contributed by atoms with E-state index in [0.717, 1.165) is 7.11 Å². The fourth-order valence-corrected chi connectivity index (χ4v) is 1.08. The highest BCUT2D eigenvalue weighted by molar-refractivity contribution is 5.93. The number of aliphatic hydroxyl groups is 1. The number of esters is 1. The number of carbonyl (C=O) groups excluding carboxylic acids is 1. The molecule has 0 aliphatic heterocycles. The van der Waals surface area contributed by atoms with E-state index < -0.39 is 24.0 Å². The zero-order valence-electron chi connectivity index (χ0n) is 9.67. The molecule has 0 radical (unpaired) electrons.